The molecular weight excluding hydrogens is 905 g/mol. The Morgan fingerprint density at radius 2 is 0.824 bits per heavy atom. The molecule has 6 nitrogen and oxygen atoms in total. The Balaban J connectivity index is 1.00. The van der Waals surface area contributed by atoms with Crippen LogP contribution in [-0.4, -0.2) is 20.4 Å². The molecule has 6 heteroatoms. The fourth-order valence-electron chi connectivity index (χ4n) is 20.5. The summed E-state index contributed by atoms with van der Waals surface area (Å²) in [4.78, 5) is 33.7. The maximum absolute atomic E-state index is 14.6. The van der Waals surface area contributed by atoms with E-state index in [2.05, 4.69) is 56.1 Å². The number of benzene rings is 6. The first kappa shape index (κ1) is 39.7. The molecule has 10 aromatic rings. The van der Waals surface area contributed by atoms with Crippen LogP contribution in [-0.2, 0) is 25.7 Å². The van der Waals surface area contributed by atoms with Gasteiger partial charge in [-0.05, 0) is 267 Å². The molecule has 0 spiro atoms. The highest BCUT2D eigenvalue weighted by atomic mass is 16.1. The van der Waals surface area contributed by atoms with Crippen LogP contribution in [0.25, 0.3) is 92.2 Å². The van der Waals surface area contributed by atoms with Crippen LogP contribution < -0.4 is 0 Å². The minimum Gasteiger partial charge on any atom is -0.309 e. The molecule has 4 aromatic heterocycles. The third-order valence-electron chi connectivity index (χ3n) is 23.3. The van der Waals surface area contributed by atoms with Crippen LogP contribution in [0.1, 0.15) is 220 Å². The molecule has 14 aliphatic carbocycles. The molecule has 0 aliphatic heterocycles. The van der Waals surface area contributed by atoms with Crippen LogP contribution in [0.5, 0.6) is 0 Å². The van der Waals surface area contributed by atoms with E-state index >= 15 is 0 Å². The van der Waals surface area contributed by atoms with E-state index in [4.69, 9.17) is 6.57 Å². The van der Waals surface area contributed by atoms with Gasteiger partial charge in [-0.15, -0.1) is 0 Å². The van der Waals surface area contributed by atoms with Gasteiger partial charge < -0.3 is 8.80 Å². The molecule has 4 heterocycles. The summed E-state index contributed by atoms with van der Waals surface area (Å²) < 4.78 is 5.18. The number of ketones is 2. The molecule has 4 saturated carbocycles. The summed E-state index contributed by atoms with van der Waals surface area (Å²) in [5, 5.41) is 22.2. The quantitative estimate of drug-likeness (QED) is 0.142. The second-order valence-corrected chi connectivity index (χ2v) is 25.9. The number of aryl methyl sites for hydroxylation is 4. The van der Waals surface area contributed by atoms with Crippen LogP contribution in [0, 0.1) is 29.7 Å². The van der Waals surface area contributed by atoms with Crippen molar-refractivity contribution in [3.8, 4) is 17.2 Å². The van der Waals surface area contributed by atoms with E-state index in [9.17, 15) is 14.9 Å². The van der Waals surface area contributed by atoms with Crippen LogP contribution in [0.15, 0.2) is 36.4 Å². The summed E-state index contributed by atoms with van der Waals surface area (Å²) in [5.74, 6) is 3.58. The van der Waals surface area contributed by atoms with Gasteiger partial charge in [0.25, 0.3) is 0 Å². The zero-order valence-corrected chi connectivity index (χ0v) is 41.8. The zero-order chi connectivity index (χ0) is 48.0. The van der Waals surface area contributed by atoms with Crippen molar-refractivity contribution < 1.29 is 9.59 Å². The molecule has 0 saturated heterocycles. The van der Waals surface area contributed by atoms with Gasteiger partial charge in [0.15, 0.2) is 17.3 Å². The first-order valence-electron chi connectivity index (χ1n) is 29.1. The first-order valence-corrected chi connectivity index (χ1v) is 29.1. The van der Waals surface area contributed by atoms with E-state index in [1.54, 1.807) is 0 Å². The highest BCUT2D eigenvalue weighted by Crippen LogP contribution is 2.63. The first-order chi connectivity index (χ1) is 36.4. The molecule has 358 valence electrons. The summed E-state index contributed by atoms with van der Waals surface area (Å²) >= 11 is 0. The van der Waals surface area contributed by atoms with E-state index in [0.717, 1.165) is 105 Å². The molecule has 24 rings (SSSR count). The zero-order valence-electron chi connectivity index (χ0n) is 41.8. The van der Waals surface area contributed by atoms with Crippen LogP contribution in [0.3, 0.4) is 0 Å². The topological polar surface area (TPSA) is 71.1 Å². The molecule has 14 aliphatic rings. The van der Waals surface area contributed by atoms with Gasteiger partial charge in [-0.25, -0.2) is 4.85 Å². The lowest BCUT2D eigenvalue weighted by atomic mass is 9.64. The van der Waals surface area contributed by atoms with Gasteiger partial charge in [0.05, 0.1) is 45.8 Å². The minimum atomic E-state index is 0.121. The third kappa shape index (κ3) is 4.27. The number of carbonyl (C=O) groups is 2. The average molecular weight is 959 g/mol. The number of carbonyl (C=O) groups excluding carboxylic acids is 2. The average Bonchev–Trinajstić information content (AvgIpc) is 4.23. The Hall–Kier alpha value is -6.76. The van der Waals surface area contributed by atoms with E-state index in [0.29, 0.717) is 47.1 Å². The number of aromatic nitrogens is 2. The maximum Gasteiger partial charge on any atom is 0.193 e. The SMILES string of the molecule is [C-]#[N+]c1cc2c(c3c1C1CCC3CC1)c1c3c4c(c5c6cc7c(cc6n2c51)C(=O)C1CCC7CC1)CCc1c-4c(c2c4c5c(c(C#N)cc4n4c6cc7c(cc6c1c24)C1CCC(CC1)C7=O)C1CCC5CC1)CC3. The van der Waals surface area contributed by atoms with E-state index in [-0.39, 0.29) is 11.8 Å². The lowest BCUT2D eigenvalue weighted by Gasteiger charge is -2.40. The molecule has 4 fully saturated rings. The number of hydrogen-bond donors (Lipinski definition) is 0. The summed E-state index contributed by atoms with van der Waals surface area (Å²) in [6.45, 7) is 8.73. The van der Waals surface area contributed by atoms with Gasteiger partial charge in [-0.1, -0.05) is 0 Å². The number of Topliss-reactive ketones (excluding diaryl/α,β-unsaturated/α-hetero) is 2. The van der Waals surface area contributed by atoms with Crippen molar-refractivity contribution in [3.05, 3.63) is 120 Å². The van der Waals surface area contributed by atoms with Crippen LogP contribution in [0.2, 0.25) is 0 Å². The number of hydrogen-bond acceptors (Lipinski definition) is 3. The Kier molecular flexibility index (Phi) is 6.97. The molecular formula is C68H54N4O2. The predicted molar refractivity (Wildman–Crippen MR) is 293 cm³/mol. The Bertz CT molecular complexity index is 4260. The highest BCUT2D eigenvalue weighted by molar-refractivity contribution is 6.32. The molecule has 8 bridgehead atoms. The molecule has 0 radical (unpaired) electrons. The molecule has 0 unspecified atom stereocenters. The highest BCUT2D eigenvalue weighted by Gasteiger charge is 2.45. The second-order valence-electron chi connectivity index (χ2n) is 25.9. The molecule has 0 amide bonds. The van der Waals surface area contributed by atoms with Gasteiger partial charge in [0, 0.05) is 71.6 Å². The number of nitriles is 1. The van der Waals surface area contributed by atoms with Gasteiger partial charge in [0.1, 0.15) is 0 Å². The minimum absolute atomic E-state index is 0.121. The van der Waals surface area contributed by atoms with Crippen molar-refractivity contribution in [2.45, 2.75) is 164 Å². The van der Waals surface area contributed by atoms with Crippen molar-refractivity contribution in [2.75, 3.05) is 0 Å². The van der Waals surface area contributed by atoms with Crippen molar-refractivity contribution in [2.24, 2.45) is 11.8 Å². The third-order valence-corrected chi connectivity index (χ3v) is 23.3. The number of rotatable bonds is 0. The normalized spacial score (nSPS) is 27.8. The van der Waals surface area contributed by atoms with E-state index in [1.165, 1.54) is 189 Å². The van der Waals surface area contributed by atoms with Crippen LogP contribution in [0.4, 0.5) is 5.69 Å². The number of nitrogens with zero attached hydrogens (tertiary/aromatic N) is 4. The second kappa shape index (κ2) is 13.0. The summed E-state index contributed by atoms with van der Waals surface area (Å²) in [7, 11) is 0. The summed E-state index contributed by atoms with van der Waals surface area (Å²) in [5.41, 5.74) is 28.3. The van der Waals surface area contributed by atoms with Crippen LogP contribution >= 0.6 is 0 Å². The predicted octanol–water partition coefficient (Wildman–Crippen LogP) is 16.7. The lowest BCUT2D eigenvalue weighted by Crippen LogP contribution is -2.23. The molecule has 6 aromatic carbocycles. The molecule has 74 heavy (non-hydrogen) atoms. The monoisotopic (exact) mass is 958 g/mol. The van der Waals surface area contributed by atoms with Crippen molar-refractivity contribution >= 4 is 93.4 Å². The van der Waals surface area contributed by atoms with Crippen molar-refractivity contribution in [3.63, 3.8) is 0 Å². The molecule has 0 N–H and O–H groups in total. The van der Waals surface area contributed by atoms with Gasteiger partial charge >= 0.3 is 0 Å². The van der Waals surface area contributed by atoms with E-state index < -0.39 is 0 Å². The Morgan fingerprint density at radius 3 is 1.28 bits per heavy atom. The van der Waals surface area contributed by atoms with Gasteiger partial charge in [-0.2, -0.15) is 5.26 Å². The maximum atomic E-state index is 14.6. The Morgan fingerprint density at radius 1 is 0.432 bits per heavy atom. The lowest BCUT2D eigenvalue weighted by molar-refractivity contribution is 0.0891. The largest absolute Gasteiger partial charge is 0.309 e. The fourth-order valence-corrected chi connectivity index (χ4v) is 20.5. The van der Waals surface area contributed by atoms with E-state index in [1.807, 2.05) is 0 Å². The Labute approximate surface area is 428 Å². The van der Waals surface area contributed by atoms with Gasteiger partial charge in [-0.3, -0.25) is 9.59 Å². The summed E-state index contributed by atoms with van der Waals surface area (Å²) in [6.07, 6.45) is 21.7. The van der Waals surface area contributed by atoms with Crippen molar-refractivity contribution in [1.29, 1.82) is 5.26 Å². The molecule has 0 atom stereocenters. The summed E-state index contributed by atoms with van der Waals surface area (Å²) in [6, 6.07) is 17.1. The van der Waals surface area contributed by atoms with Crippen molar-refractivity contribution in [1.82, 2.24) is 8.80 Å². The standard InChI is InChI=1S/C68H54N4O2/c1-70-48-27-52-64(56-34-12-8-32(9-13-34)54(48)56)62-41-21-20-40-57-38(18-19-39(58(41)57)60-47-24-43-30-4-16-36(17-5-30)68(74)45(43)26-50(47)72(52)66(60)62)59-46-23-42-29-2-14-35(15-3-29)67(73)44(42)25-49(46)71-51-22-37(28-69)53-31-6-10-33(11-7-31)55(53)63(51)61(40)65(59)71/h22-27,29-36H,2-21H2. The van der Waals surface area contributed by atoms with Gasteiger partial charge in [0.2, 0.25) is 0 Å². The number of fused-ring (bicyclic) bond motifs is 24. The fraction of sp³-hybridized carbons (Fsp3) is 0.412. The smallest absolute Gasteiger partial charge is 0.193 e.